The van der Waals surface area contributed by atoms with E-state index in [9.17, 15) is 13.2 Å². The maximum atomic E-state index is 12.6. The Kier molecular flexibility index (Phi) is 4.94. The van der Waals surface area contributed by atoms with Crippen LogP contribution in [0.3, 0.4) is 0 Å². The van der Waals surface area contributed by atoms with Gasteiger partial charge < -0.3 is 0 Å². The lowest BCUT2D eigenvalue weighted by Crippen LogP contribution is -2.27. The third-order valence-electron chi connectivity index (χ3n) is 5.12. The Morgan fingerprint density at radius 2 is 2.07 bits per heavy atom. The molecule has 0 radical (unpaired) electrons. The number of benzene rings is 1. The monoisotopic (exact) mass is 407 g/mol. The Labute approximate surface area is 162 Å². The molecule has 1 saturated carbocycles. The number of fused-ring (bicyclic) bond motifs is 1. The van der Waals surface area contributed by atoms with Gasteiger partial charge in [0.25, 0.3) is 0 Å². The van der Waals surface area contributed by atoms with Gasteiger partial charge in [0, 0.05) is 12.1 Å². The minimum absolute atomic E-state index is 0.0124. The van der Waals surface area contributed by atoms with Gasteiger partial charge >= 0.3 is 0 Å². The van der Waals surface area contributed by atoms with E-state index in [1.165, 1.54) is 35.2 Å². The average molecular weight is 408 g/mol. The third kappa shape index (κ3) is 3.73. The van der Waals surface area contributed by atoms with Crippen molar-refractivity contribution in [2.75, 3.05) is 22.9 Å². The predicted molar refractivity (Wildman–Crippen MR) is 103 cm³/mol. The van der Waals surface area contributed by atoms with Crippen molar-refractivity contribution >= 4 is 33.3 Å². The zero-order chi connectivity index (χ0) is 19.0. The van der Waals surface area contributed by atoms with Gasteiger partial charge in [-0.1, -0.05) is 24.6 Å². The van der Waals surface area contributed by atoms with E-state index in [0.29, 0.717) is 35.4 Å². The summed E-state index contributed by atoms with van der Waals surface area (Å²) in [5.41, 5.74) is 2.16. The Bertz CT molecular complexity index is 967. The molecule has 0 saturated heterocycles. The van der Waals surface area contributed by atoms with Gasteiger partial charge in [0.15, 0.2) is 5.78 Å². The highest BCUT2D eigenvalue weighted by Crippen LogP contribution is 2.33. The molecule has 1 aromatic heterocycles. The van der Waals surface area contributed by atoms with E-state index in [1.54, 1.807) is 12.1 Å². The fourth-order valence-electron chi connectivity index (χ4n) is 3.76. The summed E-state index contributed by atoms with van der Waals surface area (Å²) < 4.78 is 26.9. The summed E-state index contributed by atoms with van der Waals surface area (Å²) >= 11 is 1.35. The second-order valence-corrected chi connectivity index (χ2v) is 9.83. The molecule has 1 aromatic carbocycles. The fourth-order valence-corrected chi connectivity index (χ4v) is 5.56. The van der Waals surface area contributed by atoms with Crippen molar-refractivity contribution in [1.82, 2.24) is 20.2 Å². The molecule has 10 heteroatoms. The summed E-state index contributed by atoms with van der Waals surface area (Å²) in [5, 5.41) is 12.6. The molecule has 0 spiro atoms. The fraction of sp³-hybridized carbons (Fsp3) is 0.529. The van der Waals surface area contributed by atoms with Crippen molar-refractivity contribution in [3.63, 3.8) is 0 Å². The number of rotatable bonds is 6. The topological polar surface area (TPSA) is 98.1 Å². The van der Waals surface area contributed by atoms with Crippen LogP contribution in [-0.2, 0) is 16.4 Å². The van der Waals surface area contributed by atoms with Crippen LogP contribution in [0.15, 0.2) is 23.4 Å². The number of carbonyl (C=O) groups excluding carboxylic acids is 1. The molecule has 0 bridgehead atoms. The molecule has 144 valence electrons. The van der Waals surface area contributed by atoms with Crippen LogP contribution in [0.5, 0.6) is 0 Å². The van der Waals surface area contributed by atoms with Crippen molar-refractivity contribution in [3.05, 3.63) is 29.3 Å². The molecule has 27 heavy (non-hydrogen) atoms. The van der Waals surface area contributed by atoms with Gasteiger partial charge in [0.05, 0.1) is 23.7 Å². The number of tetrazole rings is 1. The van der Waals surface area contributed by atoms with Gasteiger partial charge in [0.1, 0.15) is 0 Å². The predicted octanol–water partition coefficient (Wildman–Crippen LogP) is 2.09. The van der Waals surface area contributed by atoms with Gasteiger partial charge in [-0.25, -0.2) is 13.1 Å². The Hall–Kier alpha value is -1.94. The minimum atomic E-state index is -3.28. The Morgan fingerprint density at radius 3 is 2.81 bits per heavy atom. The molecule has 0 atom stereocenters. The molecular weight excluding hydrogens is 386 g/mol. The molecule has 2 heterocycles. The quantitative estimate of drug-likeness (QED) is 0.534. The van der Waals surface area contributed by atoms with Crippen molar-refractivity contribution in [2.24, 2.45) is 0 Å². The molecular formula is C17H21N5O3S2. The van der Waals surface area contributed by atoms with E-state index in [2.05, 4.69) is 15.5 Å². The maximum absolute atomic E-state index is 12.6. The number of ketones is 1. The molecule has 4 rings (SSSR count). The van der Waals surface area contributed by atoms with Crippen molar-refractivity contribution in [1.29, 1.82) is 0 Å². The average Bonchev–Trinajstić information content (AvgIpc) is 3.37. The lowest BCUT2D eigenvalue weighted by atomic mass is 10.1. The third-order valence-corrected chi connectivity index (χ3v) is 7.23. The molecule has 2 aliphatic rings. The zero-order valence-electron chi connectivity index (χ0n) is 15.0. The number of anilines is 1. The molecule has 0 amide bonds. The molecule has 8 nitrogen and oxygen atoms in total. The number of sulfonamides is 1. The number of carbonyl (C=O) groups is 1. The van der Waals surface area contributed by atoms with Gasteiger partial charge in [-0.3, -0.25) is 9.10 Å². The van der Waals surface area contributed by atoms with Gasteiger partial charge in [-0.15, -0.1) is 5.10 Å². The van der Waals surface area contributed by atoms with E-state index < -0.39 is 10.0 Å². The Morgan fingerprint density at radius 1 is 1.30 bits per heavy atom. The summed E-state index contributed by atoms with van der Waals surface area (Å²) in [7, 11) is -3.28. The summed E-state index contributed by atoms with van der Waals surface area (Å²) in [4.78, 5) is 12.6. The molecule has 1 aliphatic carbocycles. The van der Waals surface area contributed by atoms with E-state index in [1.807, 2.05) is 10.7 Å². The minimum Gasteiger partial charge on any atom is -0.293 e. The summed E-state index contributed by atoms with van der Waals surface area (Å²) in [6, 6.07) is 5.57. The summed E-state index contributed by atoms with van der Waals surface area (Å²) in [5.74, 6) is 0.239. The zero-order valence-corrected chi connectivity index (χ0v) is 16.7. The van der Waals surface area contributed by atoms with E-state index in [-0.39, 0.29) is 11.5 Å². The lowest BCUT2D eigenvalue weighted by molar-refractivity contribution is 0.102. The number of Topliss-reactive ketones (excluding diaryl/α,β-unsaturated/α-hetero) is 1. The first-order valence-electron chi connectivity index (χ1n) is 8.98. The maximum Gasteiger partial charge on any atom is 0.232 e. The second kappa shape index (κ2) is 7.23. The number of aromatic nitrogens is 4. The van der Waals surface area contributed by atoms with E-state index >= 15 is 0 Å². The van der Waals surface area contributed by atoms with Crippen LogP contribution in [0.1, 0.15) is 47.6 Å². The molecule has 0 N–H and O–H groups in total. The Balaban J connectivity index is 1.45. The van der Waals surface area contributed by atoms with E-state index in [4.69, 9.17) is 0 Å². The van der Waals surface area contributed by atoms with Crippen LogP contribution in [0.2, 0.25) is 0 Å². The van der Waals surface area contributed by atoms with Crippen molar-refractivity contribution in [2.45, 2.75) is 43.3 Å². The first-order valence-corrected chi connectivity index (χ1v) is 11.8. The van der Waals surface area contributed by atoms with Crippen LogP contribution in [0, 0.1) is 0 Å². The van der Waals surface area contributed by atoms with Crippen LogP contribution < -0.4 is 4.31 Å². The first-order chi connectivity index (χ1) is 12.9. The van der Waals surface area contributed by atoms with Gasteiger partial charge in [-0.2, -0.15) is 0 Å². The van der Waals surface area contributed by atoms with Crippen LogP contribution in [0.25, 0.3) is 0 Å². The highest BCUT2D eigenvalue weighted by molar-refractivity contribution is 7.99. The van der Waals surface area contributed by atoms with Crippen LogP contribution in [-0.4, -0.2) is 53.0 Å². The standard InChI is InChI=1S/C17H21N5O3S2/c1-27(24,25)21-9-8-12-10-13(6-7-15(12)21)16(23)11-26-17-18-19-20-22(17)14-4-2-3-5-14/h6-7,10,14H,2-5,8-9,11H2,1H3. The molecule has 0 unspecified atom stereocenters. The first kappa shape index (κ1) is 18.4. The highest BCUT2D eigenvalue weighted by Gasteiger charge is 2.27. The van der Waals surface area contributed by atoms with Crippen LogP contribution in [0.4, 0.5) is 5.69 Å². The highest BCUT2D eigenvalue weighted by atomic mass is 32.2. The molecule has 1 aliphatic heterocycles. The van der Waals surface area contributed by atoms with Crippen molar-refractivity contribution in [3.8, 4) is 0 Å². The number of hydrogen-bond acceptors (Lipinski definition) is 7. The SMILES string of the molecule is CS(=O)(=O)N1CCc2cc(C(=O)CSc3nnnn3C3CCCC3)ccc21. The smallest absolute Gasteiger partial charge is 0.232 e. The van der Waals surface area contributed by atoms with Gasteiger partial charge in [-0.05, 0) is 53.5 Å². The molecule has 2 aromatic rings. The normalized spacial score (nSPS) is 17.4. The second-order valence-electron chi connectivity index (χ2n) is 6.98. The van der Waals surface area contributed by atoms with Crippen molar-refractivity contribution < 1.29 is 13.2 Å². The lowest BCUT2D eigenvalue weighted by Gasteiger charge is -2.16. The van der Waals surface area contributed by atoms with Crippen LogP contribution >= 0.6 is 11.8 Å². The van der Waals surface area contributed by atoms with E-state index in [0.717, 1.165) is 18.4 Å². The van der Waals surface area contributed by atoms with Gasteiger partial charge in [0.2, 0.25) is 15.2 Å². The number of thioether (sulfide) groups is 1. The summed E-state index contributed by atoms with van der Waals surface area (Å²) in [6.07, 6.45) is 6.35. The number of hydrogen-bond donors (Lipinski definition) is 0. The largest absolute Gasteiger partial charge is 0.293 e. The number of nitrogens with zero attached hydrogens (tertiary/aromatic N) is 5. The summed E-state index contributed by atoms with van der Waals surface area (Å²) in [6.45, 7) is 0.427. The molecule has 1 fully saturated rings.